The van der Waals surface area contributed by atoms with E-state index in [-0.39, 0.29) is 35.7 Å². The fourth-order valence-electron chi connectivity index (χ4n) is 10.1. The molecule has 9 rings (SSSR count). The Balaban J connectivity index is 0.973. The standard InChI is InChI=1S/C50H57FN8O7S/c1-8-42-54-25-41(67-42)48-59-36-14-13-28(31-19-34(52-23-31)37-11-9-15-57(37)46(60)44(26(2)3)55-49(62)64-6)17-30(36)21-39(59)43-33(51)18-29(22-40(43)66-48)32-20-35(53-24-32)38-12-10-16-58(38)47(61)45(27(4)5)56-50(63)65-7/h13-14,17-18,21-27,37-38,44-45,48H,8-12,15-16,19-20H2,1-7H3,(H,55,62)(H,56,63)/t37-,38-,44-,45-,48?/m0/s1. The Morgan fingerprint density at radius 3 is 1.94 bits per heavy atom. The number of rotatable bonds is 12. The quantitative estimate of drug-likeness (QED) is 0.143. The number of thiazole rings is 1. The summed E-state index contributed by atoms with van der Waals surface area (Å²) in [5.74, 6) is -0.618. The minimum absolute atomic E-state index is 0.131. The number of benzene rings is 2. The summed E-state index contributed by atoms with van der Waals surface area (Å²) < 4.78 is 35.4. The molecular formula is C50H57FN8O7S. The zero-order chi connectivity index (χ0) is 47.3. The van der Waals surface area contributed by atoms with Crippen molar-refractivity contribution in [3.05, 3.63) is 81.8 Å². The fraction of sp³-hybridized carbons (Fsp3) is 0.460. The number of carbonyl (C=O) groups excluding carboxylic acids is 4. The summed E-state index contributed by atoms with van der Waals surface area (Å²) in [6.07, 6.45) is 8.52. The number of fused-ring (bicyclic) bond motifs is 5. The van der Waals surface area contributed by atoms with E-state index in [0.29, 0.717) is 48.5 Å². The van der Waals surface area contributed by atoms with Crippen LogP contribution >= 0.6 is 11.3 Å². The topological polar surface area (TPSA) is 169 Å². The van der Waals surface area contributed by atoms with Gasteiger partial charge in [0.15, 0.2) is 0 Å². The second kappa shape index (κ2) is 18.7. The van der Waals surface area contributed by atoms with Crippen LogP contribution in [0, 0.1) is 17.7 Å². The maximum absolute atomic E-state index is 16.9. The first-order chi connectivity index (χ1) is 32.3. The average Bonchev–Trinajstić information content (AvgIpc) is 4.18. The third-order valence-corrected chi connectivity index (χ3v) is 14.8. The number of amides is 4. The van der Waals surface area contributed by atoms with Gasteiger partial charge in [-0.1, -0.05) is 40.7 Å². The number of aryl methyl sites for hydroxylation is 1. The zero-order valence-electron chi connectivity index (χ0n) is 38.9. The molecule has 4 aromatic rings. The second-order valence-corrected chi connectivity index (χ2v) is 19.6. The molecule has 7 heterocycles. The second-order valence-electron chi connectivity index (χ2n) is 18.5. The third kappa shape index (κ3) is 8.62. The van der Waals surface area contributed by atoms with E-state index in [1.165, 1.54) is 14.2 Å². The van der Waals surface area contributed by atoms with Gasteiger partial charge in [0.25, 0.3) is 0 Å². The van der Waals surface area contributed by atoms with Gasteiger partial charge in [0.1, 0.15) is 23.7 Å². The van der Waals surface area contributed by atoms with E-state index < -0.39 is 36.3 Å². The molecule has 0 spiro atoms. The summed E-state index contributed by atoms with van der Waals surface area (Å²) in [7, 11) is 2.56. The molecule has 0 bridgehead atoms. The van der Waals surface area contributed by atoms with Crippen molar-refractivity contribution >= 4 is 68.8 Å². The maximum Gasteiger partial charge on any atom is 0.407 e. The highest BCUT2D eigenvalue weighted by atomic mass is 32.1. The van der Waals surface area contributed by atoms with Crippen molar-refractivity contribution < 1.29 is 37.8 Å². The number of ether oxygens (including phenoxy) is 3. The molecule has 2 saturated heterocycles. The largest absolute Gasteiger partial charge is 0.464 e. The Bertz CT molecular complexity index is 2770. The summed E-state index contributed by atoms with van der Waals surface area (Å²) >= 11 is 1.57. The Labute approximate surface area is 393 Å². The average molecular weight is 933 g/mol. The molecule has 5 atom stereocenters. The molecule has 352 valence electrons. The summed E-state index contributed by atoms with van der Waals surface area (Å²) in [4.78, 5) is 70.8. The molecule has 2 aromatic carbocycles. The Hall–Kier alpha value is -6.36. The van der Waals surface area contributed by atoms with E-state index in [2.05, 4.69) is 39.2 Å². The van der Waals surface area contributed by atoms with E-state index in [1.807, 2.05) is 63.2 Å². The van der Waals surface area contributed by atoms with E-state index in [0.717, 1.165) is 81.0 Å². The van der Waals surface area contributed by atoms with Gasteiger partial charge in [-0.05, 0) is 96.5 Å². The lowest BCUT2D eigenvalue weighted by Gasteiger charge is -2.31. The molecule has 0 radical (unpaired) electrons. The first-order valence-corrected chi connectivity index (χ1v) is 24.0. The highest BCUT2D eigenvalue weighted by molar-refractivity contribution is 7.11. The van der Waals surface area contributed by atoms with Crippen LogP contribution in [0.25, 0.3) is 33.3 Å². The number of aliphatic imine (C=N–C) groups is 2. The minimum Gasteiger partial charge on any atom is -0.464 e. The van der Waals surface area contributed by atoms with E-state index in [9.17, 15) is 19.2 Å². The number of nitrogens with one attached hydrogen (secondary N) is 2. The number of likely N-dealkylation sites (tertiary alicyclic amines) is 2. The van der Waals surface area contributed by atoms with Gasteiger partial charge in [0, 0.05) is 61.3 Å². The number of aromatic nitrogens is 2. The molecule has 67 heavy (non-hydrogen) atoms. The maximum atomic E-state index is 16.9. The molecule has 5 aliphatic rings. The van der Waals surface area contributed by atoms with Gasteiger partial charge in [-0.15, -0.1) is 11.3 Å². The van der Waals surface area contributed by atoms with Crippen molar-refractivity contribution in [3.8, 4) is 17.0 Å². The van der Waals surface area contributed by atoms with Crippen LogP contribution in [0.3, 0.4) is 0 Å². The van der Waals surface area contributed by atoms with Crippen LogP contribution in [-0.2, 0) is 25.5 Å². The lowest BCUT2D eigenvalue weighted by atomic mass is 9.95. The van der Waals surface area contributed by atoms with Crippen LogP contribution in [0.2, 0.25) is 0 Å². The predicted octanol–water partition coefficient (Wildman–Crippen LogP) is 8.52. The molecular weight excluding hydrogens is 876 g/mol. The van der Waals surface area contributed by atoms with E-state index in [1.54, 1.807) is 28.5 Å². The number of alkyl carbamates (subject to hydrolysis) is 2. The van der Waals surface area contributed by atoms with Crippen molar-refractivity contribution in [3.63, 3.8) is 0 Å². The number of carbonyl (C=O) groups is 4. The van der Waals surface area contributed by atoms with E-state index in [4.69, 9.17) is 24.2 Å². The van der Waals surface area contributed by atoms with Gasteiger partial charge in [-0.2, -0.15) is 0 Å². The van der Waals surface area contributed by atoms with Crippen molar-refractivity contribution in [2.24, 2.45) is 21.8 Å². The Kier molecular flexibility index (Phi) is 12.8. The van der Waals surface area contributed by atoms with Crippen LogP contribution in [-0.4, -0.2) is 106 Å². The monoisotopic (exact) mass is 932 g/mol. The van der Waals surface area contributed by atoms with Gasteiger partial charge in [0.05, 0.1) is 53.0 Å². The molecule has 0 aliphatic carbocycles. The highest BCUT2D eigenvalue weighted by Crippen LogP contribution is 2.48. The van der Waals surface area contributed by atoms with Crippen molar-refractivity contribution in [2.75, 3.05) is 27.3 Å². The zero-order valence-corrected chi connectivity index (χ0v) is 39.7. The lowest BCUT2D eigenvalue weighted by molar-refractivity contribution is -0.134. The molecule has 5 aliphatic heterocycles. The minimum atomic E-state index is -0.743. The molecule has 2 aromatic heterocycles. The van der Waals surface area contributed by atoms with Gasteiger partial charge in [-0.25, -0.2) is 19.0 Å². The van der Waals surface area contributed by atoms with Crippen LogP contribution in [0.4, 0.5) is 14.0 Å². The molecule has 1 unspecified atom stereocenters. The van der Waals surface area contributed by atoms with Crippen LogP contribution in [0.5, 0.6) is 5.75 Å². The summed E-state index contributed by atoms with van der Waals surface area (Å²) in [6.45, 7) is 10.8. The predicted molar refractivity (Wildman–Crippen MR) is 255 cm³/mol. The molecule has 2 N–H and O–H groups in total. The van der Waals surface area contributed by atoms with Gasteiger partial charge < -0.3 is 34.6 Å². The van der Waals surface area contributed by atoms with Crippen molar-refractivity contribution in [1.29, 1.82) is 0 Å². The summed E-state index contributed by atoms with van der Waals surface area (Å²) in [5, 5.41) is 7.31. The third-order valence-electron chi connectivity index (χ3n) is 13.6. The Morgan fingerprint density at radius 2 is 1.40 bits per heavy atom. The van der Waals surface area contributed by atoms with Crippen molar-refractivity contribution in [2.45, 2.75) is 110 Å². The number of nitrogens with zero attached hydrogens (tertiary/aromatic N) is 6. The smallest absolute Gasteiger partial charge is 0.407 e. The number of hydrogen-bond acceptors (Lipinski definition) is 11. The van der Waals surface area contributed by atoms with Gasteiger partial charge in [-0.3, -0.25) is 24.1 Å². The van der Waals surface area contributed by atoms with Crippen LogP contribution < -0.4 is 15.4 Å². The SMILES string of the molecule is CCc1ncc(C2Oc3cc(C4=CN=C([C@@H]5CCCN5C(=O)[C@@H](NC(=O)OC)C(C)C)C4)cc(F)c3-c3cc4cc(C5=CN=C([C@@H]6CCCN6C(=O)[C@@H](NC(=O)OC)C(C)C)C5)ccc4n32)s1. The number of halogens is 1. The van der Waals surface area contributed by atoms with Crippen LogP contribution in [0.15, 0.2) is 65.0 Å². The highest BCUT2D eigenvalue weighted by Gasteiger charge is 2.41. The fourth-order valence-corrected chi connectivity index (χ4v) is 11.0. The summed E-state index contributed by atoms with van der Waals surface area (Å²) in [6, 6.07) is 9.80. The van der Waals surface area contributed by atoms with Crippen molar-refractivity contribution in [1.82, 2.24) is 30.0 Å². The van der Waals surface area contributed by atoms with Crippen LogP contribution in [0.1, 0.15) is 100 Å². The Morgan fingerprint density at radius 1 is 0.821 bits per heavy atom. The molecule has 2 fully saturated rings. The number of hydrogen-bond donors (Lipinski definition) is 2. The first-order valence-electron chi connectivity index (χ1n) is 23.2. The molecule has 15 nitrogen and oxygen atoms in total. The molecule has 0 saturated carbocycles. The lowest BCUT2D eigenvalue weighted by Crippen LogP contribution is -2.53. The van der Waals surface area contributed by atoms with E-state index >= 15 is 4.39 Å². The van der Waals surface area contributed by atoms with Gasteiger partial charge >= 0.3 is 12.2 Å². The number of allylic oxidation sites excluding steroid dienone is 2. The number of methoxy groups -OCH3 is 2. The normalized spacial score (nSPS) is 20.8. The van der Waals surface area contributed by atoms with Gasteiger partial charge in [0.2, 0.25) is 18.0 Å². The first kappa shape index (κ1) is 45.8. The molecule has 17 heteroatoms. The summed E-state index contributed by atoms with van der Waals surface area (Å²) in [5.41, 5.74) is 7.11. The molecule has 4 amide bonds.